The number of carbonyl (C=O) groups is 2. The number of amides is 3. The van der Waals surface area contributed by atoms with Gasteiger partial charge < -0.3 is 9.84 Å². The molecular weight excluding hydrogens is 356 g/mol. The predicted molar refractivity (Wildman–Crippen MR) is 104 cm³/mol. The van der Waals surface area contributed by atoms with Gasteiger partial charge >= 0.3 is 6.03 Å². The Morgan fingerprint density at radius 2 is 1.86 bits per heavy atom. The summed E-state index contributed by atoms with van der Waals surface area (Å²) in [6.07, 6.45) is 2.71. The van der Waals surface area contributed by atoms with E-state index in [0.29, 0.717) is 5.82 Å². The Morgan fingerprint density at radius 1 is 1.18 bits per heavy atom. The summed E-state index contributed by atoms with van der Waals surface area (Å²) in [5, 5.41) is 6.73. The maximum atomic E-state index is 13.1. The first-order chi connectivity index (χ1) is 13.1. The molecule has 150 valence electrons. The van der Waals surface area contributed by atoms with Gasteiger partial charge in [0.2, 0.25) is 5.89 Å². The van der Waals surface area contributed by atoms with Gasteiger partial charge in [0.1, 0.15) is 12.1 Å². The lowest BCUT2D eigenvalue weighted by Gasteiger charge is -2.24. The van der Waals surface area contributed by atoms with Crippen LogP contribution in [0.4, 0.5) is 4.79 Å². The number of aromatic nitrogens is 2. The van der Waals surface area contributed by atoms with E-state index in [2.05, 4.69) is 43.2 Å². The zero-order valence-corrected chi connectivity index (χ0v) is 17.2. The van der Waals surface area contributed by atoms with Crippen molar-refractivity contribution in [1.29, 1.82) is 0 Å². The third-order valence-electron chi connectivity index (χ3n) is 5.16. The lowest BCUT2D eigenvalue weighted by molar-refractivity contribution is -0.131. The highest BCUT2D eigenvalue weighted by atomic mass is 16.5. The number of carbonyl (C=O) groups excluding carboxylic acids is 2. The molecule has 0 saturated carbocycles. The van der Waals surface area contributed by atoms with Gasteiger partial charge in [-0.15, -0.1) is 0 Å². The van der Waals surface area contributed by atoms with Gasteiger partial charge in [0.25, 0.3) is 5.91 Å². The number of hydrogen-bond donors (Lipinski definition) is 1. The van der Waals surface area contributed by atoms with Crippen molar-refractivity contribution in [3.63, 3.8) is 0 Å². The Bertz CT molecular complexity index is 867. The monoisotopic (exact) mass is 384 g/mol. The van der Waals surface area contributed by atoms with E-state index < -0.39 is 11.6 Å². The largest absolute Gasteiger partial charge is 0.337 e. The van der Waals surface area contributed by atoms with Crippen molar-refractivity contribution >= 4 is 11.9 Å². The van der Waals surface area contributed by atoms with Gasteiger partial charge in [0, 0.05) is 6.42 Å². The summed E-state index contributed by atoms with van der Waals surface area (Å²) >= 11 is 0. The number of aryl methyl sites for hydroxylation is 1. The Labute approximate surface area is 165 Å². The Morgan fingerprint density at radius 3 is 2.46 bits per heavy atom. The molecule has 2 aromatic rings. The second-order valence-corrected chi connectivity index (χ2v) is 8.48. The molecule has 1 aliphatic rings. The van der Waals surface area contributed by atoms with Crippen LogP contribution < -0.4 is 5.32 Å². The van der Waals surface area contributed by atoms with E-state index in [9.17, 15) is 9.59 Å². The minimum Gasteiger partial charge on any atom is -0.337 e. The van der Waals surface area contributed by atoms with E-state index in [-0.39, 0.29) is 23.8 Å². The molecular formula is C21H28N4O3. The first-order valence-corrected chi connectivity index (χ1v) is 9.71. The number of hydrogen-bond acceptors (Lipinski definition) is 5. The fraction of sp³-hybridized carbons (Fsp3) is 0.524. The van der Waals surface area contributed by atoms with Crippen LogP contribution in [0.25, 0.3) is 0 Å². The molecule has 3 rings (SSSR count). The quantitative estimate of drug-likeness (QED) is 0.768. The molecule has 0 bridgehead atoms. The van der Waals surface area contributed by atoms with Gasteiger partial charge in [0.15, 0.2) is 5.82 Å². The fourth-order valence-corrected chi connectivity index (χ4v) is 3.27. The van der Waals surface area contributed by atoms with Crippen molar-refractivity contribution in [2.75, 3.05) is 0 Å². The third-order valence-corrected chi connectivity index (χ3v) is 5.16. The maximum Gasteiger partial charge on any atom is 0.325 e. The van der Waals surface area contributed by atoms with Gasteiger partial charge in [-0.1, -0.05) is 63.5 Å². The number of nitrogens with one attached hydrogen (secondary N) is 1. The first-order valence-electron chi connectivity index (χ1n) is 9.71. The topological polar surface area (TPSA) is 88.3 Å². The van der Waals surface area contributed by atoms with Crippen LogP contribution in [0, 0.1) is 0 Å². The molecule has 2 heterocycles. The maximum absolute atomic E-state index is 13.1. The summed E-state index contributed by atoms with van der Waals surface area (Å²) in [7, 11) is 0. The molecule has 1 aromatic heterocycles. The summed E-state index contributed by atoms with van der Waals surface area (Å²) in [6, 6.07) is 7.34. The van der Waals surface area contributed by atoms with Crippen LogP contribution >= 0.6 is 0 Å². The molecule has 1 atom stereocenters. The molecule has 1 aromatic carbocycles. The van der Waals surface area contributed by atoms with Crippen molar-refractivity contribution in [2.45, 2.75) is 71.4 Å². The van der Waals surface area contributed by atoms with E-state index in [1.165, 1.54) is 5.56 Å². The second kappa shape index (κ2) is 7.37. The van der Waals surface area contributed by atoms with Crippen molar-refractivity contribution in [2.24, 2.45) is 0 Å². The number of urea groups is 1. The van der Waals surface area contributed by atoms with Crippen LogP contribution in [0.15, 0.2) is 28.8 Å². The second-order valence-electron chi connectivity index (χ2n) is 8.48. The lowest BCUT2D eigenvalue weighted by atomic mass is 9.84. The third kappa shape index (κ3) is 3.79. The average Bonchev–Trinajstić information content (AvgIpc) is 3.18. The van der Waals surface area contributed by atoms with Crippen LogP contribution in [0.3, 0.4) is 0 Å². The summed E-state index contributed by atoms with van der Waals surface area (Å²) in [5.41, 5.74) is 0.815. The number of unbranched alkanes of at least 4 members (excludes halogenated alkanes) is 1. The molecule has 0 radical (unpaired) electrons. The van der Waals surface area contributed by atoms with E-state index in [1.807, 2.05) is 24.3 Å². The van der Waals surface area contributed by atoms with Crippen molar-refractivity contribution in [3.8, 4) is 0 Å². The molecule has 1 saturated heterocycles. The molecule has 1 N–H and O–H groups in total. The molecule has 3 amide bonds. The average molecular weight is 384 g/mol. The zero-order valence-electron chi connectivity index (χ0n) is 17.2. The standard InChI is InChI=1S/C21H28N4O3/c1-6-7-8-16-22-17(28-24-16)13-25-18(26)21(5,23-19(25)27)15-11-9-14(10-12-15)20(2,3)4/h9-12H,6-8,13H2,1-5H3,(H,23,27). The van der Waals surface area contributed by atoms with Gasteiger partial charge in [-0.3, -0.25) is 9.69 Å². The number of benzene rings is 1. The van der Waals surface area contributed by atoms with Crippen LogP contribution in [-0.4, -0.2) is 27.0 Å². The van der Waals surface area contributed by atoms with Crippen LogP contribution in [0.2, 0.25) is 0 Å². The van der Waals surface area contributed by atoms with E-state index in [0.717, 1.165) is 29.7 Å². The molecule has 0 spiro atoms. The molecule has 7 nitrogen and oxygen atoms in total. The lowest BCUT2D eigenvalue weighted by Crippen LogP contribution is -2.40. The van der Waals surface area contributed by atoms with Gasteiger partial charge in [-0.2, -0.15) is 4.98 Å². The van der Waals surface area contributed by atoms with E-state index >= 15 is 0 Å². The van der Waals surface area contributed by atoms with Crippen molar-refractivity contribution < 1.29 is 14.1 Å². The molecule has 1 fully saturated rings. The van der Waals surface area contributed by atoms with E-state index in [4.69, 9.17) is 4.52 Å². The molecule has 0 aliphatic carbocycles. The molecule has 1 aliphatic heterocycles. The van der Waals surface area contributed by atoms with Crippen molar-refractivity contribution in [3.05, 3.63) is 47.1 Å². The summed E-state index contributed by atoms with van der Waals surface area (Å²) in [5.74, 6) is 0.542. The van der Waals surface area contributed by atoms with Gasteiger partial charge in [-0.25, -0.2) is 4.79 Å². The first kappa shape index (κ1) is 20.0. The van der Waals surface area contributed by atoms with Crippen LogP contribution in [0.5, 0.6) is 0 Å². The Hall–Kier alpha value is -2.70. The smallest absolute Gasteiger partial charge is 0.325 e. The highest BCUT2D eigenvalue weighted by molar-refractivity contribution is 6.07. The predicted octanol–water partition coefficient (Wildman–Crippen LogP) is 3.68. The number of rotatable bonds is 6. The molecule has 7 heteroatoms. The van der Waals surface area contributed by atoms with Gasteiger partial charge in [-0.05, 0) is 29.9 Å². The fourth-order valence-electron chi connectivity index (χ4n) is 3.27. The van der Waals surface area contributed by atoms with E-state index in [1.54, 1.807) is 6.92 Å². The highest BCUT2D eigenvalue weighted by Crippen LogP contribution is 2.31. The Kier molecular flexibility index (Phi) is 5.28. The number of imide groups is 1. The summed E-state index contributed by atoms with van der Waals surface area (Å²) in [4.78, 5) is 31.0. The highest BCUT2D eigenvalue weighted by Gasteiger charge is 2.49. The molecule has 28 heavy (non-hydrogen) atoms. The van der Waals surface area contributed by atoms with Crippen molar-refractivity contribution in [1.82, 2.24) is 20.4 Å². The van der Waals surface area contributed by atoms with Gasteiger partial charge in [0.05, 0.1) is 0 Å². The summed E-state index contributed by atoms with van der Waals surface area (Å²) < 4.78 is 5.21. The minimum atomic E-state index is -1.11. The minimum absolute atomic E-state index is 0.0157. The molecule has 1 unspecified atom stereocenters. The Balaban J connectivity index is 1.77. The summed E-state index contributed by atoms with van der Waals surface area (Å²) in [6.45, 7) is 10.2. The number of nitrogens with zero attached hydrogens (tertiary/aromatic N) is 3. The van der Waals surface area contributed by atoms with Crippen LogP contribution in [-0.2, 0) is 28.7 Å². The van der Waals surface area contributed by atoms with Crippen LogP contribution in [0.1, 0.15) is 70.3 Å². The normalized spacial score (nSPS) is 20.0. The zero-order chi connectivity index (χ0) is 20.5. The SMILES string of the molecule is CCCCc1noc(CN2C(=O)NC(C)(c3ccc(C(C)(C)C)cc3)C2=O)n1.